The first-order valence-electron chi connectivity index (χ1n) is 1.75. The topological polar surface area (TPSA) is 21.3 Å². The average molecular weight is 87.1 g/mol. The molecule has 0 amide bonds. The molecule has 0 bridgehead atoms. The zero-order valence-corrected chi connectivity index (χ0v) is 3.90. The van der Waals surface area contributed by atoms with Gasteiger partial charge in [0.1, 0.15) is 6.73 Å². The minimum atomic E-state index is 0.545. The fraction of sp³-hybridized carbons (Fsp3) is 0.500. The SMILES string of the molecule is C=CNCOC. The van der Waals surface area contributed by atoms with Gasteiger partial charge in [0, 0.05) is 7.11 Å². The van der Waals surface area contributed by atoms with Crippen LogP contribution in [0.2, 0.25) is 0 Å². The molecule has 0 aliphatic heterocycles. The first-order chi connectivity index (χ1) is 2.91. The van der Waals surface area contributed by atoms with E-state index in [1.54, 1.807) is 13.3 Å². The largest absolute Gasteiger partial charge is 0.369 e. The van der Waals surface area contributed by atoms with Crippen LogP contribution in [0.4, 0.5) is 0 Å². The molecule has 0 fully saturated rings. The summed E-state index contributed by atoms with van der Waals surface area (Å²) in [5, 5.41) is 2.74. The smallest absolute Gasteiger partial charge is 0.115 e. The minimum absolute atomic E-state index is 0.545. The lowest BCUT2D eigenvalue weighted by Crippen LogP contribution is -2.06. The van der Waals surface area contributed by atoms with E-state index in [1.165, 1.54) is 0 Å². The second-order valence-electron chi connectivity index (χ2n) is 0.841. The van der Waals surface area contributed by atoms with Crippen molar-refractivity contribution in [3.05, 3.63) is 12.8 Å². The van der Waals surface area contributed by atoms with E-state index in [-0.39, 0.29) is 0 Å². The van der Waals surface area contributed by atoms with Gasteiger partial charge in [0.25, 0.3) is 0 Å². The Hall–Kier alpha value is -0.500. The van der Waals surface area contributed by atoms with Crippen LogP contribution in [0.15, 0.2) is 12.8 Å². The molecule has 0 aromatic rings. The number of rotatable bonds is 3. The van der Waals surface area contributed by atoms with Gasteiger partial charge < -0.3 is 10.1 Å². The summed E-state index contributed by atoms with van der Waals surface area (Å²) in [4.78, 5) is 0. The summed E-state index contributed by atoms with van der Waals surface area (Å²) >= 11 is 0. The molecule has 0 unspecified atom stereocenters. The van der Waals surface area contributed by atoms with E-state index in [4.69, 9.17) is 0 Å². The predicted octanol–water partition coefficient (Wildman–Crippen LogP) is 0.323. The van der Waals surface area contributed by atoms with Gasteiger partial charge in [0.15, 0.2) is 0 Å². The van der Waals surface area contributed by atoms with E-state index in [0.29, 0.717) is 6.73 Å². The van der Waals surface area contributed by atoms with E-state index in [2.05, 4.69) is 16.6 Å². The number of methoxy groups -OCH3 is 1. The Bertz CT molecular complexity index is 36.5. The van der Waals surface area contributed by atoms with Crippen molar-refractivity contribution in [2.45, 2.75) is 0 Å². The van der Waals surface area contributed by atoms with Crippen LogP contribution >= 0.6 is 0 Å². The van der Waals surface area contributed by atoms with Crippen molar-refractivity contribution < 1.29 is 4.74 Å². The van der Waals surface area contributed by atoms with Gasteiger partial charge in [-0.15, -0.1) is 0 Å². The molecule has 2 heteroatoms. The molecular formula is C4H9NO. The van der Waals surface area contributed by atoms with Crippen LogP contribution in [-0.4, -0.2) is 13.8 Å². The van der Waals surface area contributed by atoms with Gasteiger partial charge in [-0.2, -0.15) is 0 Å². The number of nitrogens with one attached hydrogen (secondary N) is 1. The second kappa shape index (κ2) is 4.50. The molecule has 2 nitrogen and oxygen atoms in total. The third-order valence-electron chi connectivity index (χ3n) is 0.372. The fourth-order valence-electron chi connectivity index (χ4n) is 0.142. The monoisotopic (exact) mass is 87.1 g/mol. The Balaban J connectivity index is 2.49. The number of hydrogen-bond donors (Lipinski definition) is 1. The Kier molecular flexibility index (Phi) is 4.12. The Labute approximate surface area is 37.8 Å². The molecule has 6 heavy (non-hydrogen) atoms. The van der Waals surface area contributed by atoms with Crippen LogP contribution in [0.5, 0.6) is 0 Å². The Morgan fingerprint density at radius 2 is 2.67 bits per heavy atom. The maximum atomic E-state index is 4.60. The lowest BCUT2D eigenvalue weighted by atomic mass is 11.0. The first kappa shape index (κ1) is 5.50. The van der Waals surface area contributed by atoms with E-state index < -0.39 is 0 Å². The summed E-state index contributed by atoms with van der Waals surface area (Å²) in [6.07, 6.45) is 1.59. The van der Waals surface area contributed by atoms with Crippen LogP contribution < -0.4 is 5.32 Å². The van der Waals surface area contributed by atoms with Crippen molar-refractivity contribution in [2.24, 2.45) is 0 Å². The van der Waals surface area contributed by atoms with Gasteiger partial charge in [-0.1, -0.05) is 6.58 Å². The molecular weight excluding hydrogens is 78.0 g/mol. The van der Waals surface area contributed by atoms with Crippen LogP contribution in [0.25, 0.3) is 0 Å². The van der Waals surface area contributed by atoms with Gasteiger partial charge in [0.2, 0.25) is 0 Å². The van der Waals surface area contributed by atoms with Gasteiger partial charge in [-0.25, -0.2) is 0 Å². The summed E-state index contributed by atoms with van der Waals surface area (Å²) in [7, 11) is 1.62. The molecule has 0 heterocycles. The van der Waals surface area contributed by atoms with Crippen molar-refractivity contribution in [1.29, 1.82) is 0 Å². The molecule has 0 radical (unpaired) electrons. The van der Waals surface area contributed by atoms with E-state index in [0.717, 1.165) is 0 Å². The molecule has 0 saturated carbocycles. The quantitative estimate of drug-likeness (QED) is 0.395. The molecule has 0 rings (SSSR count). The molecule has 0 saturated heterocycles. The molecule has 0 aliphatic rings. The van der Waals surface area contributed by atoms with E-state index >= 15 is 0 Å². The lowest BCUT2D eigenvalue weighted by Gasteiger charge is -1.92. The number of hydrogen-bond acceptors (Lipinski definition) is 2. The van der Waals surface area contributed by atoms with Crippen molar-refractivity contribution >= 4 is 0 Å². The molecule has 36 valence electrons. The third kappa shape index (κ3) is 3.50. The first-order valence-corrected chi connectivity index (χ1v) is 1.75. The van der Waals surface area contributed by atoms with Crippen molar-refractivity contribution in [2.75, 3.05) is 13.8 Å². The van der Waals surface area contributed by atoms with Gasteiger partial charge >= 0.3 is 0 Å². The summed E-state index contributed by atoms with van der Waals surface area (Å²) in [6.45, 7) is 3.95. The highest BCUT2D eigenvalue weighted by Crippen LogP contribution is 1.55. The Morgan fingerprint density at radius 3 is 2.83 bits per heavy atom. The van der Waals surface area contributed by atoms with Crippen molar-refractivity contribution in [1.82, 2.24) is 5.32 Å². The zero-order valence-electron chi connectivity index (χ0n) is 3.90. The molecule has 0 aromatic heterocycles. The normalized spacial score (nSPS) is 7.50. The summed E-state index contributed by atoms with van der Waals surface area (Å²) in [5.74, 6) is 0. The maximum absolute atomic E-state index is 4.60. The summed E-state index contributed by atoms with van der Waals surface area (Å²) < 4.78 is 4.60. The molecule has 1 N–H and O–H groups in total. The molecule has 0 atom stereocenters. The van der Waals surface area contributed by atoms with Crippen LogP contribution in [0.1, 0.15) is 0 Å². The van der Waals surface area contributed by atoms with Gasteiger partial charge in [0.05, 0.1) is 0 Å². The maximum Gasteiger partial charge on any atom is 0.115 e. The molecule has 0 aliphatic carbocycles. The van der Waals surface area contributed by atoms with Gasteiger partial charge in [-0.3, -0.25) is 0 Å². The van der Waals surface area contributed by atoms with Crippen LogP contribution in [-0.2, 0) is 4.74 Å². The molecule has 0 spiro atoms. The fourth-order valence-corrected chi connectivity index (χ4v) is 0.142. The molecule has 0 aromatic carbocycles. The second-order valence-corrected chi connectivity index (χ2v) is 0.841. The highest BCUT2D eigenvalue weighted by atomic mass is 16.5. The van der Waals surface area contributed by atoms with Crippen molar-refractivity contribution in [3.63, 3.8) is 0 Å². The van der Waals surface area contributed by atoms with E-state index in [9.17, 15) is 0 Å². The summed E-state index contributed by atoms with van der Waals surface area (Å²) in [6, 6.07) is 0. The Morgan fingerprint density at radius 1 is 2.00 bits per heavy atom. The van der Waals surface area contributed by atoms with Gasteiger partial charge in [-0.05, 0) is 6.20 Å². The average Bonchev–Trinajstić information content (AvgIpc) is 1.61. The highest BCUT2D eigenvalue weighted by molar-refractivity contribution is 4.57. The van der Waals surface area contributed by atoms with Crippen molar-refractivity contribution in [3.8, 4) is 0 Å². The standard InChI is InChI=1S/C4H9NO/c1-3-5-4-6-2/h3,5H,1,4H2,2H3. The highest BCUT2D eigenvalue weighted by Gasteiger charge is 1.64. The van der Waals surface area contributed by atoms with Crippen LogP contribution in [0.3, 0.4) is 0 Å². The van der Waals surface area contributed by atoms with Crippen LogP contribution in [0, 0.1) is 0 Å². The predicted molar refractivity (Wildman–Crippen MR) is 25.2 cm³/mol. The van der Waals surface area contributed by atoms with E-state index in [1.807, 2.05) is 0 Å². The minimum Gasteiger partial charge on any atom is -0.369 e. The third-order valence-corrected chi connectivity index (χ3v) is 0.372. The zero-order chi connectivity index (χ0) is 4.83. The summed E-state index contributed by atoms with van der Waals surface area (Å²) in [5.41, 5.74) is 0. The number of ether oxygens (including phenoxy) is 1. The lowest BCUT2D eigenvalue weighted by molar-refractivity contribution is 0.188.